The molecule has 1 aromatic rings. The molecule has 70 valence electrons. The molecule has 0 atom stereocenters. The van der Waals surface area contributed by atoms with E-state index < -0.39 is 0 Å². The molecule has 2 nitrogen and oxygen atoms in total. The fraction of sp³-hybridized carbons (Fsp3) is 0.222. The zero-order valence-electron chi connectivity index (χ0n) is 7.10. The van der Waals surface area contributed by atoms with E-state index >= 15 is 0 Å². The van der Waals surface area contributed by atoms with Gasteiger partial charge < -0.3 is 4.74 Å². The second kappa shape index (κ2) is 4.49. The highest BCUT2D eigenvalue weighted by molar-refractivity contribution is 6.35. The second-order valence-corrected chi connectivity index (χ2v) is 3.29. The van der Waals surface area contributed by atoms with Crippen LogP contribution in [0.5, 0.6) is 0 Å². The van der Waals surface area contributed by atoms with Gasteiger partial charge in [-0.25, -0.2) is 0 Å². The molecule has 0 aromatic heterocycles. The van der Waals surface area contributed by atoms with E-state index in [9.17, 15) is 0 Å². The lowest BCUT2D eigenvalue weighted by Crippen LogP contribution is -2.04. The number of nitrogens with one attached hydrogen (secondary N) is 1. The number of ether oxygens (including phenoxy) is 1. The predicted molar refractivity (Wildman–Crippen MR) is 54.9 cm³/mol. The van der Waals surface area contributed by atoms with Gasteiger partial charge in [-0.05, 0) is 25.1 Å². The first-order valence-corrected chi connectivity index (χ1v) is 4.57. The predicted octanol–water partition coefficient (Wildman–Crippen LogP) is 3.36. The van der Waals surface area contributed by atoms with Gasteiger partial charge in [0.1, 0.15) is 0 Å². The summed E-state index contributed by atoms with van der Waals surface area (Å²) in [6, 6.07) is 4.91. The Hall–Kier alpha value is -0.730. The van der Waals surface area contributed by atoms with Crippen molar-refractivity contribution in [1.29, 1.82) is 5.41 Å². The van der Waals surface area contributed by atoms with E-state index in [4.69, 9.17) is 33.3 Å². The molecule has 0 aliphatic heterocycles. The summed E-state index contributed by atoms with van der Waals surface area (Å²) in [4.78, 5) is 0. The summed E-state index contributed by atoms with van der Waals surface area (Å²) in [7, 11) is 0. The molecule has 0 amide bonds. The molecule has 0 saturated carbocycles. The molecule has 1 aromatic carbocycles. The molecule has 0 aliphatic rings. The number of halogens is 2. The monoisotopic (exact) mass is 217 g/mol. The molecule has 13 heavy (non-hydrogen) atoms. The van der Waals surface area contributed by atoms with E-state index in [0.717, 1.165) is 0 Å². The van der Waals surface area contributed by atoms with Crippen molar-refractivity contribution in [2.75, 3.05) is 6.61 Å². The van der Waals surface area contributed by atoms with Gasteiger partial charge in [-0.15, -0.1) is 0 Å². The average molecular weight is 218 g/mol. The van der Waals surface area contributed by atoms with Crippen LogP contribution in [0.25, 0.3) is 0 Å². The van der Waals surface area contributed by atoms with Crippen LogP contribution in [0.4, 0.5) is 0 Å². The fourth-order valence-electron chi connectivity index (χ4n) is 0.913. The third kappa shape index (κ3) is 2.90. The number of hydrogen-bond donors (Lipinski definition) is 1. The molecule has 0 radical (unpaired) electrons. The van der Waals surface area contributed by atoms with Crippen molar-refractivity contribution in [1.82, 2.24) is 0 Å². The van der Waals surface area contributed by atoms with E-state index in [1.54, 1.807) is 18.2 Å². The Morgan fingerprint density at radius 3 is 2.31 bits per heavy atom. The van der Waals surface area contributed by atoms with E-state index in [-0.39, 0.29) is 5.90 Å². The minimum atomic E-state index is 0.0897. The molecular formula is C9H9Cl2NO. The molecule has 0 spiro atoms. The van der Waals surface area contributed by atoms with Gasteiger partial charge in [0.25, 0.3) is 0 Å². The van der Waals surface area contributed by atoms with Crippen molar-refractivity contribution < 1.29 is 4.74 Å². The largest absolute Gasteiger partial charge is 0.478 e. The second-order valence-electron chi connectivity index (χ2n) is 2.42. The first-order chi connectivity index (χ1) is 6.13. The van der Waals surface area contributed by atoms with Crippen molar-refractivity contribution in [2.45, 2.75) is 6.92 Å². The van der Waals surface area contributed by atoms with Gasteiger partial charge in [0.05, 0.1) is 6.61 Å². The zero-order chi connectivity index (χ0) is 9.84. The fourth-order valence-corrected chi connectivity index (χ4v) is 1.44. The molecule has 4 heteroatoms. The van der Waals surface area contributed by atoms with E-state index in [0.29, 0.717) is 22.2 Å². The Morgan fingerprint density at radius 2 is 1.85 bits per heavy atom. The molecule has 1 N–H and O–H groups in total. The molecule has 0 bridgehead atoms. The average Bonchev–Trinajstić information content (AvgIpc) is 2.03. The van der Waals surface area contributed by atoms with Crippen LogP contribution < -0.4 is 0 Å². The van der Waals surface area contributed by atoms with Gasteiger partial charge in [0.2, 0.25) is 5.90 Å². The minimum absolute atomic E-state index is 0.0897. The summed E-state index contributed by atoms with van der Waals surface area (Å²) in [5.41, 5.74) is 0.597. The maximum absolute atomic E-state index is 7.48. The smallest absolute Gasteiger partial charge is 0.213 e. The number of hydrogen-bond acceptors (Lipinski definition) is 2. The third-order valence-corrected chi connectivity index (χ3v) is 1.85. The van der Waals surface area contributed by atoms with Gasteiger partial charge in [-0.2, -0.15) is 0 Å². The van der Waals surface area contributed by atoms with Crippen molar-refractivity contribution in [2.24, 2.45) is 0 Å². The highest BCUT2D eigenvalue weighted by Gasteiger charge is 2.04. The Labute approximate surface area is 86.9 Å². The van der Waals surface area contributed by atoms with Gasteiger partial charge in [-0.3, -0.25) is 5.41 Å². The summed E-state index contributed by atoms with van der Waals surface area (Å²) in [5.74, 6) is 0.0897. The molecule has 0 aliphatic carbocycles. The Bertz CT molecular complexity index is 305. The molecule has 0 heterocycles. The summed E-state index contributed by atoms with van der Waals surface area (Å²) >= 11 is 11.5. The lowest BCUT2D eigenvalue weighted by Gasteiger charge is -2.05. The first kappa shape index (κ1) is 10.4. The van der Waals surface area contributed by atoms with Crippen molar-refractivity contribution in [3.63, 3.8) is 0 Å². The molecule has 1 rings (SSSR count). The van der Waals surface area contributed by atoms with E-state index in [1.807, 2.05) is 6.92 Å². The van der Waals surface area contributed by atoms with E-state index in [1.165, 1.54) is 0 Å². The van der Waals surface area contributed by atoms with Crippen molar-refractivity contribution in [3.05, 3.63) is 33.8 Å². The van der Waals surface area contributed by atoms with Crippen LogP contribution in [0.1, 0.15) is 12.5 Å². The lowest BCUT2D eigenvalue weighted by atomic mass is 10.2. The Morgan fingerprint density at radius 1 is 1.31 bits per heavy atom. The molecule has 0 saturated heterocycles. The van der Waals surface area contributed by atoms with Gasteiger partial charge >= 0.3 is 0 Å². The van der Waals surface area contributed by atoms with Gasteiger partial charge in [0.15, 0.2) is 0 Å². The summed E-state index contributed by atoms with van der Waals surface area (Å²) in [5, 5.41) is 8.50. The summed E-state index contributed by atoms with van der Waals surface area (Å²) in [6.45, 7) is 2.28. The standard InChI is InChI=1S/C9H9Cl2NO/c1-2-13-9(12)6-3-7(10)5-8(11)4-6/h3-5,12H,2H2,1H3. The van der Waals surface area contributed by atoms with Gasteiger partial charge in [-0.1, -0.05) is 23.2 Å². The molecule has 0 fully saturated rings. The zero-order valence-corrected chi connectivity index (χ0v) is 8.62. The maximum atomic E-state index is 7.48. The normalized spacial score (nSPS) is 9.77. The van der Waals surface area contributed by atoms with Crippen LogP contribution in [0.15, 0.2) is 18.2 Å². The highest BCUT2D eigenvalue weighted by atomic mass is 35.5. The Balaban J connectivity index is 2.94. The lowest BCUT2D eigenvalue weighted by molar-refractivity contribution is 0.325. The molecular weight excluding hydrogens is 209 g/mol. The van der Waals surface area contributed by atoms with Crippen LogP contribution in [0, 0.1) is 5.41 Å². The van der Waals surface area contributed by atoms with Crippen LogP contribution in [0.2, 0.25) is 10.0 Å². The van der Waals surface area contributed by atoms with Gasteiger partial charge in [0, 0.05) is 15.6 Å². The minimum Gasteiger partial charge on any atom is -0.478 e. The van der Waals surface area contributed by atoms with Crippen molar-refractivity contribution in [3.8, 4) is 0 Å². The number of benzene rings is 1. The maximum Gasteiger partial charge on any atom is 0.213 e. The first-order valence-electron chi connectivity index (χ1n) is 3.81. The quantitative estimate of drug-likeness (QED) is 0.599. The SMILES string of the molecule is CCOC(=N)c1cc(Cl)cc(Cl)c1. The number of rotatable bonds is 2. The summed E-state index contributed by atoms with van der Waals surface area (Å²) < 4.78 is 5.00. The van der Waals surface area contributed by atoms with Crippen LogP contribution >= 0.6 is 23.2 Å². The van der Waals surface area contributed by atoms with E-state index in [2.05, 4.69) is 0 Å². The van der Waals surface area contributed by atoms with Crippen LogP contribution in [-0.4, -0.2) is 12.5 Å². The Kier molecular flexibility index (Phi) is 3.58. The van der Waals surface area contributed by atoms with Crippen LogP contribution in [0.3, 0.4) is 0 Å². The third-order valence-electron chi connectivity index (χ3n) is 1.41. The molecule has 0 unspecified atom stereocenters. The van der Waals surface area contributed by atoms with Crippen molar-refractivity contribution >= 4 is 29.1 Å². The topological polar surface area (TPSA) is 33.1 Å². The highest BCUT2D eigenvalue weighted by Crippen LogP contribution is 2.19. The summed E-state index contributed by atoms with van der Waals surface area (Å²) in [6.07, 6.45) is 0. The van der Waals surface area contributed by atoms with Crippen LogP contribution in [-0.2, 0) is 4.74 Å².